The minimum atomic E-state index is -0.536. The van der Waals surface area contributed by atoms with Crippen LogP contribution in [-0.2, 0) is 16.0 Å². The number of para-hydroxylation sites is 1. The summed E-state index contributed by atoms with van der Waals surface area (Å²) in [6.07, 6.45) is 0.660. The lowest BCUT2D eigenvalue weighted by molar-refractivity contribution is -0.154. The topological polar surface area (TPSA) is 97.0 Å². The van der Waals surface area contributed by atoms with Crippen molar-refractivity contribution in [3.05, 3.63) is 87.9 Å². The molecule has 0 radical (unpaired) electrons. The highest BCUT2D eigenvalue weighted by Crippen LogP contribution is 2.36. The third kappa shape index (κ3) is 6.21. The van der Waals surface area contributed by atoms with E-state index >= 15 is 0 Å². The van der Waals surface area contributed by atoms with Crippen molar-refractivity contribution in [3.63, 3.8) is 0 Å². The minimum absolute atomic E-state index is 0.216. The van der Waals surface area contributed by atoms with Gasteiger partial charge in [0.2, 0.25) is 0 Å². The summed E-state index contributed by atoms with van der Waals surface area (Å²) in [4.78, 5) is 37.4. The second-order valence-electron chi connectivity index (χ2n) is 10.2. The minimum Gasteiger partial charge on any atom is -0.460 e. The van der Waals surface area contributed by atoms with Gasteiger partial charge in [0.15, 0.2) is 0 Å². The Morgan fingerprint density at radius 3 is 2.41 bits per heavy atom. The van der Waals surface area contributed by atoms with E-state index in [0.717, 1.165) is 16.5 Å². The second-order valence-corrected chi connectivity index (χ2v) is 11.0. The zero-order valence-corrected chi connectivity index (χ0v) is 23.2. The van der Waals surface area contributed by atoms with E-state index in [1.165, 1.54) is 0 Å². The van der Waals surface area contributed by atoms with Crippen molar-refractivity contribution in [2.24, 2.45) is 0 Å². The van der Waals surface area contributed by atoms with Crippen LogP contribution in [-0.4, -0.2) is 32.4 Å². The summed E-state index contributed by atoms with van der Waals surface area (Å²) in [5.74, 6) is 0.371. The third-order valence-corrected chi connectivity index (χ3v) is 6.56. The Balaban J connectivity index is 1.34. The van der Waals surface area contributed by atoms with Gasteiger partial charge in [0, 0.05) is 17.4 Å². The van der Waals surface area contributed by atoms with Crippen LogP contribution in [0, 0.1) is 0 Å². The highest BCUT2D eigenvalue weighted by atomic mass is 35.5. The molecule has 2 N–H and O–H groups in total. The number of carbonyl (C=O) groups excluding carboxylic acids is 2. The number of carbonyl (C=O) groups is 2. The number of nitrogens with zero attached hydrogens (tertiary/aromatic N) is 2. The Morgan fingerprint density at radius 1 is 0.923 bits per heavy atom. The average Bonchev–Trinajstić information content (AvgIpc) is 3.28. The fourth-order valence-corrected chi connectivity index (χ4v) is 4.94. The number of aromatic nitrogens is 3. The lowest BCUT2D eigenvalue weighted by Gasteiger charge is -2.19. The standard InChI is InChI=1S/C30H26Cl2N4O3/c1-30(2,3)39-26(37)13-8-17-14-20(31)27(21(32)15-17)28-34-23-11-9-19(16-24(23)35-28)29(38)36-25-12-10-18-6-4-5-7-22(18)33-25/h4-7,9-12,14-16H,8,13H2,1-3H3,(H,34,35)(H,33,36,38). The molecule has 3 aromatic carbocycles. The van der Waals surface area contributed by atoms with Crippen LogP contribution in [0.2, 0.25) is 10.0 Å². The zero-order valence-electron chi connectivity index (χ0n) is 21.6. The van der Waals surface area contributed by atoms with Gasteiger partial charge >= 0.3 is 5.97 Å². The van der Waals surface area contributed by atoms with E-state index < -0.39 is 5.60 Å². The van der Waals surface area contributed by atoms with Gasteiger partial charge in [0.1, 0.15) is 17.2 Å². The Bertz CT molecular complexity index is 1700. The molecule has 0 spiro atoms. The summed E-state index contributed by atoms with van der Waals surface area (Å²) in [7, 11) is 0. The molecule has 0 fully saturated rings. The van der Waals surface area contributed by atoms with Crippen molar-refractivity contribution in [1.82, 2.24) is 15.0 Å². The summed E-state index contributed by atoms with van der Waals surface area (Å²) < 4.78 is 5.37. The molecule has 0 bridgehead atoms. The first-order valence-electron chi connectivity index (χ1n) is 12.4. The third-order valence-electron chi connectivity index (χ3n) is 5.96. The van der Waals surface area contributed by atoms with Crippen LogP contribution in [0.4, 0.5) is 5.82 Å². The van der Waals surface area contributed by atoms with Crippen molar-refractivity contribution in [2.75, 3.05) is 5.32 Å². The maximum absolute atomic E-state index is 12.9. The molecule has 0 aliphatic heterocycles. The second kappa shape index (κ2) is 10.7. The van der Waals surface area contributed by atoms with E-state index in [0.29, 0.717) is 50.3 Å². The van der Waals surface area contributed by atoms with Gasteiger partial charge in [-0.25, -0.2) is 9.97 Å². The van der Waals surface area contributed by atoms with E-state index in [2.05, 4.69) is 20.3 Å². The number of amides is 1. The summed E-state index contributed by atoms with van der Waals surface area (Å²) >= 11 is 13.2. The first-order valence-corrected chi connectivity index (χ1v) is 13.2. The van der Waals surface area contributed by atoms with Gasteiger partial charge in [-0.05, 0) is 81.3 Å². The van der Waals surface area contributed by atoms with Gasteiger partial charge < -0.3 is 15.0 Å². The molecule has 7 nitrogen and oxygen atoms in total. The molecule has 0 unspecified atom stereocenters. The fourth-order valence-electron chi connectivity index (χ4n) is 4.23. The number of aryl methyl sites for hydroxylation is 1. The quantitative estimate of drug-likeness (QED) is 0.208. The van der Waals surface area contributed by atoms with E-state index in [4.69, 9.17) is 27.9 Å². The number of pyridine rings is 1. The Kier molecular flexibility index (Phi) is 7.30. The predicted octanol–water partition coefficient (Wildman–Crippen LogP) is 7.61. The number of imidazole rings is 1. The van der Waals surface area contributed by atoms with Crippen molar-refractivity contribution in [1.29, 1.82) is 0 Å². The Hall–Kier alpha value is -3.94. The molecule has 39 heavy (non-hydrogen) atoms. The number of hydrogen-bond acceptors (Lipinski definition) is 5. The smallest absolute Gasteiger partial charge is 0.306 e. The number of ether oxygens (including phenoxy) is 1. The number of aromatic amines is 1. The van der Waals surface area contributed by atoms with Crippen LogP contribution in [0.25, 0.3) is 33.3 Å². The van der Waals surface area contributed by atoms with Gasteiger partial charge in [-0.15, -0.1) is 0 Å². The van der Waals surface area contributed by atoms with Crippen LogP contribution in [0.3, 0.4) is 0 Å². The normalized spacial score (nSPS) is 11.6. The van der Waals surface area contributed by atoms with E-state index in [-0.39, 0.29) is 18.3 Å². The Morgan fingerprint density at radius 2 is 1.67 bits per heavy atom. The molecule has 0 saturated heterocycles. The fraction of sp³-hybridized carbons (Fsp3) is 0.200. The Labute approximate surface area is 235 Å². The molecule has 5 rings (SSSR count). The molecule has 9 heteroatoms. The SMILES string of the molecule is CC(C)(C)OC(=O)CCc1cc(Cl)c(-c2nc3ccc(C(=O)Nc4ccc5ccccc5n4)cc3[nH]2)c(Cl)c1. The van der Waals surface area contributed by atoms with Gasteiger partial charge in [0.05, 0.1) is 32.2 Å². The monoisotopic (exact) mass is 560 g/mol. The van der Waals surface area contributed by atoms with Crippen LogP contribution in [0.5, 0.6) is 0 Å². The predicted molar refractivity (Wildman–Crippen MR) is 155 cm³/mol. The molecule has 0 aliphatic carbocycles. The van der Waals surface area contributed by atoms with Crippen molar-refractivity contribution < 1.29 is 14.3 Å². The highest BCUT2D eigenvalue weighted by molar-refractivity contribution is 6.39. The summed E-state index contributed by atoms with van der Waals surface area (Å²) in [6, 6.07) is 20.1. The number of nitrogens with one attached hydrogen (secondary N) is 2. The summed E-state index contributed by atoms with van der Waals surface area (Å²) in [6.45, 7) is 5.49. The molecule has 0 saturated carbocycles. The number of esters is 1. The summed E-state index contributed by atoms with van der Waals surface area (Å²) in [5.41, 5.74) is 3.39. The van der Waals surface area contributed by atoms with Gasteiger partial charge in [-0.3, -0.25) is 9.59 Å². The number of hydrogen-bond donors (Lipinski definition) is 2. The average molecular weight is 561 g/mol. The van der Waals surface area contributed by atoms with E-state index in [1.54, 1.807) is 36.4 Å². The van der Waals surface area contributed by atoms with Crippen molar-refractivity contribution in [3.8, 4) is 11.4 Å². The number of benzene rings is 3. The molecule has 1 amide bonds. The maximum atomic E-state index is 12.9. The first-order chi connectivity index (χ1) is 18.6. The van der Waals surface area contributed by atoms with Gasteiger partial charge in [-0.1, -0.05) is 41.4 Å². The van der Waals surface area contributed by atoms with Gasteiger partial charge in [0.25, 0.3) is 5.91 Å². The van der Waals surface area contributed by atoms with E-state index in [1.807, 2.05) is 51.1 Å². The maximum Gasteiger partial charge on any atom is 0.306 e. The van der Waals surface area contributed by atoms with Crippen LogP contribution < -0.4 is 5.32 Å². The number of rotatable bonds is 6. The molecule has 5 aromatic rings. The molecule has 2 aromatic heterocycles. The molecule has 2 heterocycles. The number of fused-ring (bicyclic) bond motifs is 2. The summed E-state index contributed by atoms with van der Waals surface area (Å²) in [5, 5.41) is 4.65. The molecular formula is C30H26Cl2N4O3. The van der Waals surface area contributed by atoms with Crippen molar-refractivity contribution in [2.45, 2.75) is 39.2 Å². The van der Waals surface area contributed by atoms with Crippen LogP contribution in [0.1, 0.15) is 43.1 Å². The van der Waals surface area contributed by atoms with Gasteiger partial charge in [-0.2, -0.15) is 0 Å². The molecule has 0 atom stereocenters. The van der Waals surface area contributed by atoms with E-state index in [9.17, 15) is 9.59 Å². The lowest BCUT2D eigenvalue weighted by atomic mass is 10.1. The number of anilines is 1. The molecule has 198 valence electrons. The first kappa shape index (κ1) is 26.7. The largest absolute Gasteiger partial charge is 0.460 e. The molecular weight excluding hydrogens is 535 g/mol. The number of halogens is 2. The highest BCUT2D eigenvalue weighted by Gasteiger charge is 2.19. The molecule has 0 aliphatic rings. The van der Waals surface area contributed by atoms with Crippen molar-refractivity contribution >= 4 is 62.8 Å². The van der Waals surface area contributed by atoms with Crippen LogP contribution >= 0.6 is 23.2 Å². The van der Waals surface area contributed by atoms with Crippen LogP contribution in [0.15, 0.2) is 66.7 Å². The number of H-pyrrole nitrogens is 1. The zero-order chi connectivity index (χ0) is 27.7. The lowest BCUT2D eigenvalue weighted by Crippen LogP contribution is -2.24.